The molecule has 0 aliphatic heterocycles. The molecule has 1 N–H and O–H groups in total. The third-order valence-corrected chi connectivity index (χ3v) is 4.28. The average Bonchev–Trinajstić information content (AvgIpc) is 2.70. The summed E-state index contributed by atoms with van der Waals surface area (Å²) >= 11 is 0. The van der Waals surface area contributed by atoms with E-state index >= 15 is 0 Å². The molecule has 0 saturated heterocycles. The van der Waals surface area contributed by atoms with Crippen molar-refractivity contribution in [1.29, 1.82) is 0 Å². The van der Waals surface area contributed by atoms with Crippen molar-refractivity contribution in [1.82, 2.24) is 9.78 Å². The molecule has 1 amide bonds. The van der Waals surface area contributed by atoms with Crippen molar-refractivity contribution < 1.29 is 22.4 Å². The molecule has 0 saturated carbocycles. The minimum Gasteiger partial charge on any atom is -0.319 e. The maximum absolute atomic E-state index is 13.8. The molecular formula is C20H15F4N3O2. The number of anilines is 1. The van der Waals surface area contributed by atoms with Crippen LogP contribution in [0.1, 0.15) is 18.5 Å². The van der Waals surface area contributed by atoms with Crippen molar-refractivity contribution in [3.8, 4) is 11.3 Å². The zero-order valence-electron chi connectivity index (χ0n) is 15.3. The second-order valence-electron chi connectivity index (χ2n) is 6.38. The van der Waals surface area contributed by atoms with E-state index in [2.05, 4.69) is 5.10 Å². The highest BCUT2D eigenvalue weighted by molar-refractivity contribution is 5.93. The van der Waals surface area contributed by atoms with Gasteiger partial charge in [0.25, 0.3) is 5.56 Å². The van der Waals surface area contributed by atoms with E-state index in [0.29, 0.717) is 11.3 Å². The monoisotopic (exact) mass is 405 g/mol. The molecule has 0 unspecified atom stereocenters. The van der Waals surface area contributed by atoms with Crippen molar-refractivity contribution in [2.75, 3.05) is 5.32 Å². The number of aromatic nitrogens is 2. The summed E-state index contributed by atoms with van der Waals surface area (Å²) in [6, 6.07) is 8.59. The van der Waals surface area contributed by atoms with Gasteiger partial charge in [0.2, 0.25) is 5.91 Å². The van der Waals surface area contributed by atoms with Gasteiger partial charge < -0.3 is 5.32 Å². The van der Waals surface area contributed by atoms with Crippen LogP contribution in [-0.2, 0) is 4.79 Å². The summed E-state index contributed by atoms with van der Waals surface area (Å²) in [6.07, 6.45) is 0. The molecule has 9 heteroatoms. The first-order valence-electron chi connectivity index (χ1n) is 8.50. The van der Waals surface area contributed by atoms with Gasteiger partial charge in [-0.2, -0.15) is 5.10 Å². The van der Waals surface area contributed by atoms with Gasteiger partial charge in [-0.25, -0.2) is 22.2 Å². The molecule has 29 heavy (non-hydrogen) atoms. The Labute approximate surface area is 162 Å². The summed E-state index contributed by atoms with van der Waals surface area (Å²) < 4.78 is 55.0. The fourth-order valence-electron chi connectivity index (χ4n) is 2.60. The van der Waals surface area contributed by atoms with Gasteiger partial charge in [0, 0.05) is 17.7 Å². The van der Waals surface area contributed by atoms with Crippen molar-refractivity contribution in [2.45, 2.75) is 19.9 Å². The number of nitrogens with one attached hydrogen (secondary N) is 1. The van der Waals surface area contributed by atoms with E-state index in [9.17, 15) is 27.2 Å². The molecule has 150 valence electrons. The number of amides is 1. The number of hydrogen-bond donors (Lipinski definition) is 1. The van der Waals surface area contributed by atoms with Gasteiger partial charge in [0.1, 0.15) is 11.7 Å². The standard InChI is InChI=1S/C20H15F4N3O2/c1-10-3-5-12(6-4-10)15-7-8-16(28)27(26-15)11(2)20(29)25-19-17(23)13(21)9-14(22)18(19)24/h3-9,11H,1-2H3,(H,25,29)/t11-/m0/s1. The number of carbonyl (C=O) groups is 1. The molecule has 1 aromatic heterocycles. The number of nitrogens with zero attached hydrogens (tertiary/aromatic N) is 2. The summed E-state index contributed by atoms with van der Waals surface area (Å²) in [7, 11) is 0. The van der Waals surface area contributed by atoms with Gasteiger partial charge in [-0.15, -0.1) is 0 Å². The Bertz CT molecular complexity index is 1120. The van der Waals surface area contributed by atoms with Crippen LogP contribution in [0.4, 0.5) is 23.2 Å². The Hall–Kier alpha value is -3.49. The molecule has 0 radical (unpaired) electrons. The zero-order chi connectivity index (χ0) is 21.3. The van der Waals surface area contributed by atoms with E-state index in [1.807, 2.05) is 19.1 Å². The smallest absolute Gasteiger partial charge is 0.267 e. The molecule has 0 fully saturated rings. The molecule has 0 aliphatic rings. The molecule has 0 bridgehead atoms. The highest BCUT2D eigenvalue weighted by Crippen LogP contribution is 2.25. The number of halogens is 4. The summed E-state index contributed by atoms with van der Waals surface area (Å²) in [6.45, 7) is 3.16. The van der Waals surface area contributed by atoms with Crippen molar-refractivity contribution in [2.24, 2.45) is 0 Å². The van der Waals surface area contributed by atoms with Crippen LogP contribution < -0.4 is 10.9 Å². The van der Waals surface area contributed by atoms with Crippen LogP contribution in [0, 0.1) is 30.2 Å². The van der Waals surface area contributed by atoms with E-state index in [0.717, 1.165) is 10.2 Å². The average molecular weight is 405 g/mol. The van der Waals surface area contributed by atoms with E-state index in [1.165, 1.54) is 19.1 Å². The molecule has 3 rings (SSSR count). The lowest BCUT2D eigenvalue weighted by molar-refractivity contribution is -0.119. The number of rotatable bonds is 4. The first kappa shape index (κ1) is 20.2. The minimum absolute atomic E-state index is 0.0286. The van der Waals surface area contributed by atoms with Crippen LogP contribution in [-0.4, -0.2) is 15.7 Å². The Morgan fingerprint density at radius 2 is 1.59 bits per heavy atom. The van der Waals surface area contributed by atoms with Gasteiger partial charge in [-0.1, -0.05) is 29.8 Å². The number of aryl methyl sites for hydroxylation is 1. The molecule has 5 nitrogen and oxygen atoms in total. The lowest BCUT2D eigenvalue weighted by Crippen LogP contribution is -2.33. The Kier molecular flexibility index (Phi) is 5.49. The number of benzene rings is 2. The Balaban J connectivity index is 1.94. The quantitative estimate of drug-likeness (QED) is 0.528. The van der Waals surface area contributed by atoms with Crippen LogP contribution in [0.2, 0.25) is 0 Å². The van der Waals surface area contributed by atoms with Crippen molar-refractivity contribution >= 4 is 11.6 Å². The van der Waals surface area contributed by atoms with E-state index in [-0.39, 0.29) is 6.07 Å². The summed E-state index contributed by atoms with van der Waals surface area (Å²) in [5.74, 6) is -7.91. The molecule has 0 spiro atoms. The summed E-state index contributed by atoms with van der Waals surface area (Å²) in [4.78, 5) is 24.5. The van der Waals surface area contributed by atoms with Crippen LogP contribution in [0.25, 0.3) is 11.3 Å². The second-order valence-corrected chi connectivity index (χ2v) is 6.38. The van der Waals surface area contributed by atoms with Crippen LogP contribution in [0.3, 0.4) is 0 Å². The number of carbonyl (C=O) groups excluding carboxylic acids is 1. The highest BCUT2D eigenvalue weighted by Gasteiger charge is 2.24. The van der Waals surface area contributed by atoms with Crippen molar-refractivity contribution in [3.63, 3.8) is 0 Å². The molecule has 0 aliphatic carbocycles. The second kappa shape index (κ2) is 7.86. The Morgan fingerprint density at radius 1 is 1.00 bits per heavy atom. The molecule has 1 heterocycles. The fourth-order valence-corrected chi connectivity index (χ4v) is 2.60. The van der Waals surface area contributed by atoms with Gasteiger partial charge in [0.05, 0.1) is 5.69 Å². The summed E-state index contributed by atoms with van der Waals surface area (Å²) in [5, 5.41) is 5.91. The fraction of sp³-hybridized carbons (Fsp3) is 0.150. The predicted molar refractivity (Wildman–Crippen MR) is 98.3 cm³/mol. The van der Waals surface area contributed by atoms with Crippen molar-refractivity contribution in [3.05, 3.63) is 81.7 Å². The van der Waals surface area contributed by atoms with Crippen LogP contribution in [0.15, 0.2) is 47.3 Å². The topological polar surface area (TPSA) is 64.0 Å². The lowest BCUT2D eigenvalue weighted by atomic mass is 10.1. The van der Waals surface area contributed by atoms with Crippen LogP contribution in [0.5, 0.6) is 0 Å². The SMILES string of the molecule is Cc1ccc(-c2ccc(=O)n([C@@H](C)C(=O)Nc3c(F)c(F)cc(F)c3F)n2)cc1. The van der Waals surface area contributed by atoms with E-state index < -0.39 is 46.5 Å². The van der Waals surface area contributed by atoms with E-state index in [4.69, 9.17) is 0 Å². The third-order valence-electron chi connectivity index (χ3n) is 4.28. The molecule has 3 aromatic rings. The molecule has 1 atom stereocenters. The first-order valence-corrected chi connectivity index (χ1v) is 8.50. The largest absolute Gasteiger partial charge is 0.319 e. The van der Waals surface area contributed by atoms with Gasteiger partial charge in [-0.3, -0.25) is 9.59 Å². The van der Waals surface area contributed by atoms with Gasteiger partial charge in [-0.05, 0) is 19.9 Å². The zero-order valence-corrected chi connectivity index (χ0v) is 15.3. The van der Waals surface area contributed by atoms with Gasteiger partial charge in [0.15, 0.2) is 23.3 Å². The predicted octanol–water partition coefficient (Wildman–Crippen LogP) is 3.97. The van der Waals surface area contributed by atoms with Gasteiger partial charge >= 0.3 is 0 Å². The maximum Gasteiger partial charge on any atom is 0.267 e. The lowest BCUT2D eigenvalue weighted by Gasteiger charge is -2.16. The first-order chi connectivity index (χ1) is 13.7. The number of hydrogen-bond acceptors (Lipinski definition) is 3. The summed E-state index contributed by atoms with van der Waals surface area (Å²) in [5.41, 5.74) is 0.165. The highest BCUT2D eigenvalue weighted by atomic mass is 19.2. The third kappa shape index (κ3) is 4.03. The normalized spacial score (nSPS) is 11.9. The van der Waals surface area contributed by atoms with E-state index in [1.54, 1.807) is 17.4 Å². The minimum atomic E-state index is -1.75. The molecule has 2 aromatic carbocycles. The Morgan fingerprint density at radius 3 is 2.17 bits per heavy atom. The van der Waals surface area contributed by atoms with Crippen LogP contribution >= 0.6 is 0 Å². The maximum atomic E-state index is 13.8. The molecular weight excluding hydrogens is 390 g/mol.